The van der Waals surface area contributed by atoms with Crippen LogP contribution in [0.15, 0.2) is 23.6 Å². The van der Waals surface area contributed by atoms with Gasteiger partial charge in [-0.25, -0.2) is 4.79 Å². The average molecular weight is 275 g/mol. The van der Waals surface area contributed by atoms with Gasteiger partial charge in [-0.2, -0.15) is 0 Å². The standard InChI is InChI=1S/C13H13N3O2S/c17-13(18)10-4-5-12(16-15-10)14-9-2-1-3-11-8(9)6-7-19-11/h4-7,9H,1-3H2,(H,14,16)(H,17,18). The van der Waals surface area contributed by atoms with Gasteiger partial charge in [0, 0.05) is 4.88 Å². The Morgan fingerprint density at radius 1 is 1.37 bits per heavy atom. The van der Waals surface area contributed by atoms with E-state index in [4.69, 9.17) is 5.11 Å². The van der Waals surface area contributed by atoms with Crippen LogP contribution in [-0.2, 0) is 6.42 Å². The highest BCUT2D eigenvalue weighted by molar-refractivity contribution is 7.10. The molecule has 2 aromatic rings. The maximum absolute atomic E-state index is 10.7. The van der Waals surface area contributed by atoms with Gasteiger partial charge >= 0.3 is 5.97 Å². The number of hydrogen-bond donors (Lipinski definition) is 2. The number of aromatic nitrogens is 2. The molecular weight excluding hydrogens is 262 g/mol. The van der Waals surface area contributed by atoms with Crippen molar-refractivity contribution in [3.63, 3.8) is 0 Å². The van der Waals surface area contributed by atoms with Gasteiger partial charge in [-0.05, 0) is 48.4 Å². The molecule has 0 saturated heterocycles. The van der Waals surface area contributed by atoms with Crippen molar-refractivity contribution in [2.24, 2.45) is 0 Å². The first-order valence-corrected chi connectivity index (χ1v) is 7.02. The second-order valence-electron chi connectivity index (χ2n) is 4.50. The molecule has 0 aromatic carbocycles. The lowest BCUT2D eigenvalue weighted by Crippen LogP contribution is -2.17. The monoisotopic (exact) mass is 275 g/mol. The molecule has 0 saturated carbocycles. The van der Waals surface area contributed by atoms with E-state index in [1.54, 1.807) is 17.4 Å². The molecule has 1 aliphatic carbocycles. The second kappa shape index (κ2) is 4.97. The van der Waals surface area contributed by atoms with E-state index in [0.29, 0.717) is 5.82 Å². The molecule has 5 nitrogen and oxygen atoms in total. The molecule has 0 radical (unpaired) electrons. The first-order valence-electron chi connectivity index (χ1n) is 6.14. The summed E-state index contributed by atoms with van der Waals surface area (Å²) in [5, 5.41) is 21.8. The number of nitrogens with one attached hydrogen (secondary N) is 1. The molecule has 1 unspecified atom stereocenters. The predicted molar refractivity (Wildman–Crippen MR) is 72.6 cm³/mol. The number of thiophene rings is 1. The smallest absolute Gasteiger partial charge is 0.356 e. The minimum Gasteiger partial charge on any atom is -0.476 e. The van der Waals surface area contributed by atoms with Crippen LogP contribution in [0.3, 0.4) is 0 Å². The summed E-state index contributed by atoms with van der Waals surface area (Å²) in [6.45, 7) is 0. The number of fused-ring (bicyclic) bond motifs is 1. The molecule has 0 aliphatic heterocycles. The number of aryl methyl sites for hydroxylation is 1. The van der Waals surface area contributed by atoms with Crippen molar-refractivity contribution in [2.75, 3.05) is 5.32 Å². The van der Waals surface area contributed by atoms with Crippen LogP contribution in [0.4, 0.5) is 5.82 Å². The fourth-order valence-corrected chi connectivity index (χ4v) is 3.33. The van der Waals surface area contributed by atoms with Crippen molar-refractivity contribution >= 4 is 23.1 Å². The Kier molecular flexibility index (Phi) is 3.16. The number of nitrogens with zero attached hydrogens (tertiary/aromatic N) is 2. The summed E-state index contributed by atoms with van der Waals surface area (Å²) in [5.74, 6) is -0.439. The van der Waals surface area contributed by atoms with Crippen molar-refractivity contribution < 1.29 is 9.90 Å². The Hall–Kier alpha value is -1.95. The zero-order valence-corrected chi connectivity index (χ0v) is 11.0. The summed E-state index contributed by atoms with van der Waals surface area (Å²) in [6, 6.07) is 5.53. The number of carboxylic acid groups (broad SMARTS) is 1. The topological polar surface area (TPSA) is 75.1 Å². The first kappa shape index (κ1) is 12.1. The van der Waals surface area contributed by atoms with Gasteiger partial charge in [0.25, 0.3) is 0 Å². The average Bonchev–Trinajstić information content (AvgIpc) is 2.89. The van der Waals surface area contributed by atoms with Crippen LogP contribution >= 0.6 is 11.3 Å². The van der Waals surface area contributed by atoms with E-state index in [2.05, 4.69) is 27.0 Å². The fraction of sp³-hybridized carbons (Fsp3) is 0.308. The Morgan fingerprint density at radius 2 is 2.26 bits per heavy atom. The van der Waals surface area contributed by atoms with Crippen LogP contribution < -0.4 is 5.32 Å². The van der Waals surface area contributed by atoms with Gasteiger partial charge in [0.05, 0.1) is 6.04 Å². The third-order valence-electron chi connectivity index (χ3n) is 3.26. The summed E-state index contributed by atoms with van der Waals surface area (Å²) in [5.41, 5.74) is 1.30. The molecule has 0 amide bonds. The molecule has 3 rings (SSSR count). The van der Waals surface area contributed by atoms with E-state index < -0.39 is 5.97 Å². The molecule has 6 heteroatoms. The van der Waals surface area contributed by atoms with Crippen LogP contribution in [0.1, 0.15) is 39.8 Å². The van der Waals surface area contributed by atoms with Gasteiger partial charge in [0.1, 0.15) is 5.82 Å². The lowest BCUT2D eigenvalue weighted by atomic mass is 9.94. The van der Waals surface area contributed by atoms with Crippen molar-refractivity contribution in [3.05, 3.63) is 39.7 Å². The fourth-order valence-electron chi connectivity index (χ4n) is 2.34. The lowest BCUT2D eigenvalue weighted by Gasteiger charge is -2.23. The van der Waals surface area contributed by atoms with Crippen molar-refractivity contribution in [1.82, 2.24) is 10.2 Å². The number of anilines is 1. The summed E-state index contributed by atoms with van der Waals surface area (Å²) in [6.07, 6.45) is 3.37. The van der Waals surface area contributed by atoms with E-state index in [-0.39, 0.29) is 11.7 Å². The Balaban J connectivity index is 1.78. The summed E-state index contributed by atoms with van der Waals surface area (Å²) >= 11 is 1.79. The maximum atomic E-state index is 10.7. The number of aromatic carboxylic acids is 1. The molecule has 98 valence electrons. The van der Waals surface area contributed by atoms with Gasteiger partial charge in [-0.3, -0.25) is 0 Å². The van der Waals surface area contributed by atoms with Gasteiger partial charge in [0.15, 0.2) is 5.69 Å². The largest absolute Gasteiger partial charge is 0.476 e. The van der Waals surface area contributed by atoms with Crippen LogP contribution in [0.5, 0.6) is 0 Å². The predicted octanol–water partition coefficient (Wildman–Crippen LogP) is 2.73. The zero-order valence-electron chi connectivity index (χ0n) is 10.2. The zero-order chi connectivity index (χ0) is 13.2. The minimum absolute atomic E-state index is 0.0367. The molecule has 2 N–H and O–H groups in total. The van der Waals surface area contributed by atoms with E-state index in [9.17, 15) is 4.79 Å². The van der Waals surface area contributed by atoms with E-state index in [0.717, 1.165) is 19.3 Å². The SMILES string of the molecule is O=C(O)c1ccc(NC2CCCc3sccc32)nn1. The Labute approximate surface area is 114 Å². The van der Waals surface area contributed by atoms with Gasteiger partial charge in [-0.15, -0.1) is 21.5 Å². The summed E-state index contributed by atoms with van der Waals surface area (Å²) < 4.78 is 0. The highest BCUT2D eigenvalue weighted by Gasteiger charge is 2.21. The Bertz CT molecular complexity index is 594. The normalized spacial score (nSPS) is 17.8. The minimum atomic E-state index is -1.06. The van der Waals surface area contributed by atoms with Crippen molar-refractivity contribution in [3.8, 4) is 0 Å². The molecule has 0 fully saturated rings. The van der Waals surface area contributed by atoms with Gasteiger partial charge < -0.3 is 10.4 Å². The lowest BCUT2D eigenvalue weighted by molar-refractivity contribution is 0.0689. The summed E-state index contributed by atoms with van der Waals surface area (Å²) in [4.78, 5) is 12.1. The van der Waals surface area contributed by atoms with Crippen molar-refractivity contribution in [1.29, 1.82) is 0 Å². The van der Waals surface area contributed by atoms with Crippen molar-refractivity contribution in [2.45, 2.75) is 25.3 Å². The molecule has 1 atom stereocenters. The first-order chi connectivity index (χ1) is 9.24. The number of carbonyl (C=O) groups is 1. The van der Waals surface area contributed by atoms with Crippen LogP contribution in [-0.4, -0.2) is 21.3 Å². The molecule has 0 spiro atoms. The van der Waals surface area contributed by atoms with Crippen LogP contribution in [0.25, 0.3) is 0 Å². The third kappa shape index (κ3) is 2.44. The van der Waals surface area contributed by atoms with Gasteiger partial charge in [-0.1, -0.05) is 0 Å². The second-order valence-corrected chi connectivity index (χ2v) is 5.50. The maximum Gasteiger partial charge on any atom is 0.356 e. The van der Waals surface area contributed by atoms with E-state index in [1.807, 2.05) is 0 Å². The number of hydrogen-bond acceptors (Lipinski definition) is 5. The van der Waals surface area contributed by atoms with Crippen LogP contribution in [0, 0.1) is 0 Å². The molecule has 1 aliphatic rings. The van der Waals surface area contributed by atoms with E-state index in [1.165, 1.54) is 16.5 Å². The highest BCUT2D eigenvalue weighted by atomic mass is 32.1. The highest BCUT2D eigenvalue weighted by Crippen LogP contribution is 2.34. The number of rotatable bonds is 3. The molecule has 0 bridgehead atoms. The molecule has 19 heavy (non-hydrogen) atoms. The van der Waals surface area contributed by atoms with E-state index >= 15 is 0 Å². The molecular formula is C13H13N3O2S. The number of carboxylic acids is 1. The van der Waals surface area contributed by atoms with Crippen LogP contribution in [0.2, 0.25) is 0 Å². The van der Waals surface area contributed by atoms with Gasteiger partial charge in [0.2, 0.25) is 0 Å². The summed E-state index contributed by atoms with van der Waals surface area (Å²) in [7, 11) is 0. The molecule has 2 aromatic heterocycles. The quantitative estimate of drug-likeness (QED) is 0.900. The Morgan fingerprint density at radius 3 is 3.00 bits per heavy atom. The molecule has 2 heterocycles. The third-order valence-corrected chi connectivity index (χ3v) is 4.25.